The zero-order chi connectivity index (χ0) is 17.4. The van der Waals surface area contributed by atoms with Crippen molar-refractivity contribution in [2.75, 3.05) is 23.7 Å². The van der Waals surface area contributed by atoms with Crippen molar-refractivity contribution in [2.24, 2.45) is 13.0 Å². The fraction of sp³-hybridized carbons (Fsp3) is 0.444. The van der Waals surface area contributed by atoms with Crippen LogP contribution in [0.2, 0.25) is 5.02 Å². The van der Waals surface area contributed by atoms with Gasteiger partial charge >= 0.3 is 0 Å². The van der Waals surface area contributed by atoms with Gasteiger partial charge in [0.25, 0.3) is 0 Å². The third-order valence-electron chi connectivity index (χ3n) is 4.88. The highest BCUT2D eigenvalue weighted by atomic mass is 35.5. The van der Waals surface area contributed by atoms with Crippen LogP contribution in [0.4, 0.5) is 11.4 Å². The van der Waals surface area contributed by atoms with Crippen LogP contribution in [0, 0.1) is 5.92 Å². The summed E-state index contributed by atoms with van der Waals surface area (Å²) in [4.78, 5) is 12.9. The Morgan fingerprint density at radius 3 is 2.88 bits per heavy atom. The van der Waals surface area contributed by atoms with Gasteiger partial charge in [-0.25, -0.2) is 0 Å². The summed E-state index contributed by atoms with van der Waals surface area (Å²) in [5, 5.41) is 14.7. The largest absolute Gasteiger partial charge is 0.381 e. The molecule has 2 atom stereocenters. The molecule has 0 spiro atoms. The van der Waals surface area contributed by atoms with Crippen LogP contribution in [0.3, 0.4) is 0 Å². The second-order valence-electron chi connectivity index (χ2n) is 6.92. The van der Waals surface area contributed by atoms with Gasteiger partial charge in [0, 0.05) is 43.3 Å². The van der Waals surface area contributed by atoms with Crippen LogP contribution < -0.4 is 16.0 Å². The lowest BCUT2D eigenvalue weighted by atomic mass is 9.90. The molecule has 1 saturated heterocycles. The molecule has 7 heteroatoms. The van der Waals surface area contributed by atoms with Crippen molar-refractivity contribution in [3.05, 3.63) is 41.2 Å². The number of anilines is 2. The Kier molecular flexibility index (Phi) is 4.39. The maximum Gasteiger partial charge on any atom is 0.229 e. The van der Waals surface area contributed by atoms with E-state index in [0.29, 0.717) is 17.6 Å². The summed E-state index contributed by atoms with van der Waals surface area (Å²) in [6.45, 7) is 1.45. The van der Waals surface area contributed by atoms with Crippen molar-refractivity contribution in [2.45, 2.75) is 24.8 Å². The number of hydrogen-bond donors (Lipinski definition) is 3. The lowest BCUT2D eigenvalue weighted by Crippen LogP contribution is -2.28. The highest BCUT2D eigenvalue weighted by Gasteiger charge is 2.35. The molecule has 1 aromatic carbocycles. The first-order valence-corrected chi connectivity index (χ1v) is 9.04. The average molecular weight is 360 g/mol. The number of aromatic nitrogens is 2. The van der Waals surface area contributed by atoms with Crippen LogP contribution in [-0.4, -0.2) is 34.8 Å². The lowest BCUT2D eigenvalue weighted by molar-refractivity contribution is -0.119. The summed E-state index contributed by atoms with van der Waals surface area (Å²) in [7, 11) is 1.89. The molecule has 2 aromatic rings. The van der Waals surface area contributed by atoms with E-state index in [4.69, 9.17) is 11.6 Å². The summed E-state index contributed by atoms with van der Waals surface area (Å²) < 4.78 is 1.78. The van der Waals surface area contributed by atoms with Gasteiger partial charge in [0.05, 0.1) is 23.5 Å². The quantitative estimate of drug-likeness (QED) is 0.767. The number of halogens is 1. The molecule has 4 rings (SSSR count). The minimum atomic E-state index is -0.128. The number of carbonyl (C=O) groups excluding carboxylic acids is 1. The second kappa shape index (κ2) is 6.69. The van der Waals surface area contributed by atoms with E-state index in [1.54, 1.807) is 4.68 Å². The van der Waals surface area contributed by atoms with Gasteiger partial charge in [0.2, 0.25) is 5.91 Å². The fourth-order valence-electron chi connectivity index (χ4n) is 3.35. The Bertz CT molecular complexity index is 786. The van der Waals surface area contributed by atoms with Crippen LogP contribution in [0.25, 0.3) is 0 Å². The maximum atomic E-state index is 12.9. The number of benzene rings is 1. The summed E-state index contributed by atoms with van der Waals surface area (Å²) in [6.07, 6.45) is 6.17. The molecule has 25 heavy (non-hydrogen) atoms. The topological polar surface area (TPSA) is 71.0 Å². The molecule has 1 aliphatic heterocycles. The van der Waals surface area contributed by atoms with E-state index in [1.165, 1.54) is 12.8 Å². The first-order chi connectivity index (χ1) is 12.1. The van der Waals surface area contributed by atoms with E-state index >= 15 is 0 Å². The predicted molar refractivity (Wildman–Crippen MR) is 99.0 cm³/mol. The molecular formula is C18H22ClN5O. The van der Waals surface area contributed by atoms with Gasteiger partial charge in [-0.15, -0.1) is 0 Å². The molecule has 1 amide bonds. The van der Waals surface area contributed by atoms with E-state index in [2.05, 4.69) is 21.0 Å². The maximum absolute atomic E-state index is 12.9. The number of nitrogens with zero attached hydrogens (tertiary/aromatic N) is 2. The monoisotopic (exact) mass is 359 g/mol. The van der Waals surface area contributed by atoms with Gasteiger partial charge in [-0.1, -0.05) is 11.6 Å². The van der Waals surface area contributed by atoms with Gasteiger partial charge in [-0.05, 0) is 36.6 Å². The number of carbonyl (C=O) groups is 1. The van der Waals surface area contributed by atoms with Crippen molar-refractivity contribution in [3.63, 3.8) is 0 Å². The van der Waals surface area contributed by atoms with E-state index in [-0.39, 0.29) is 17.7 Å². The lowest BCUT2D eigenvalue weighted by Gasteiger charge is -2.19. The van der Waals surface area contributed by atoms with Crippen molar-refractivity contribution in [1.82, 2.24) is 15.1 Å². The van der Waals surface area contributed by atoms with Crippen molar-refractivity contribution < 1.29 is 4.79 Å². The van der Waals surface area contributed by atoms with E-state index < -0.39 is 0 Å². The highest BCUT2D eigenvalue weighted by molar-refractivity contribution is 6.31. The fourth-order valence-corrected chi connectivity index (χ4v) is 3.53. The summed E-state index contributed by atoms with van der Waals surface area (Å²) in [6, 6.07) is 6.10. The van der Waals surface area contributed by atoms with Crippen LogP contribution in [0.15, 0.2) is 30.6 Å². The zero-order valence-electron chi connectivity index (χ0n) is 14.1. The second-order valence-corrected chi connectivity index (χ2v) is 7.35. The molecule has 2 aliphatic rings. The first kappa shape index (κ1) is 16.4. The molecule has 1 aromatic heterocycles. The number of hydrogen-bond acceptors (Lipinski definition) is 4. The Morgan fingerprint density at radius 2 is 2.16 bits per heavy atom. The number of nitrogens with one attached hydrogen (secondary N) is 3. The molecule has 0 radical (unpaired) electrons. The molecule has 6 nitrogen and oxygen atoms in total. The standard InChI is InChI=1S/C18H22ClN5O/c1-24-10-11(7-21-24)14-8-20-9-15(14)18(25)23-17-6-12(19)2-5-16(17)22-13-3-4-13/h2,5-7,10,13-15,20,22H,3-4,8-9H2,1H3,(H,23,25)/t14-,15+/m1/s1. The van der Waals surface area contributed by atoms with Gasteiger partial charge in [0.1, 0.15) is 0 Å². The zero-order valence-corrected chi connectivity index (χ0v) is 14.9. The third-order valence-corrected chi connectivity index (χ3v) is 5.12. The summed E-state index contributed by atoms with van der Waals surface area (Å²) in [5.74, 6) is 0.0182. The molecule has 3 N–H and O–H groups in total. The Balaban J connectivity index is 1.52. The number of amides is 1. The molecule has 0 unspecified atom stereocenters. The normalized spacial score (nSPS) is 22.8. The van der Waals surface area contributed by atoms with Crippen molar-refractivity contribution >= 4 is 28.9 Å². The predicted octanol–water partition coefficient (Wildman–Crippen LogP) is 2.59. The van der Waals surface area contributed by atoms with Gasteiger partial charge in [-0.3, -0.25) is 9.48 Å². The molecule has 2 heterocycles. The molecule has 0 bridgehead atoms. The third kappa shape index (κ3) is 3.65. The van der Waals surface area contributed by atoms with E-state index in [9.17, 15) is 4.79 Å². The van der Waals surface area contributed by atoms with E-state index in [1.807, 2.05) is 37.6 Å². The van der Waals surface area contributed by atoms with Gasteiger partial charge in [-0.2, -0.15) is 5.10 Å². The van der Waals surface area contributed by atoms with E-state index in [0.717, 1.165) is 23.5 Å². The Hall–Kier alpha value is -2.05. The Morgan fingerprint density at radius 1 is 1.32 bits per heavy atom. The molecule has 1 saturated carbocycles. The molecule has 2 fully saturated rings. The van der Waals surface area contributed by atoms with Crippen LogP contribution in [-0.2, 0) is 11.8 Å². The van der Waals surface area contributed by atoms with Gasteiger partial charge < -0.3 is 16.0 Å². The average Bonchev–Trinajstić information content (AvgIpc) is 3.08. The molecule has 132 valence electrons. The van der Waals surface area contributed by atoms with Crippen LogP contribution in [0.5, 0.6) is 0 Å². The van der Waals surface area contributed by atoms with Crippen LogP contribution in [0.1, 0.15) is 24.3 Å². The highest BCUT2D eigenvalue weighted by Crippen LogP contribution is 2.33. The molecule has 1 aliphatic carbocycles. The minimum absolute atomic E-state index is 0.0139. The molecular weight excluding hydrogens is 338 g/mol. The van der Waals surface area contributed by atoms with Crippen molar-refractivity contribution in [3.8, 4) is 0 Å². The number of aryl methyl sites for hydroxylation is 1. The number of rotatable bonds is 5. The minimum Gasteiger partial charge on any atom is -0.381 e. The summed E-state index contributed by atoms with van der Waals surface area (Å²) >= 11 is 6.14. The van der Waals surface area contributed by atoms with Crippen molar-refractivity contribution in [1.29, 1.82) is 0 Å². The van der Waals surface area contributed by atoms with Gasteiger partial charge in [0.15, 0.2) is 0 Å². The Labute approximate surface area is 151 Å². The van der Waals surface area contributed by atoms with Crippen LogP contribution >= 0.6 is 11.6 Å². The SMILES string of the molecule is Cn1cc([C@H]2CNC[C@@H]2C(=O)Nc2cc(Cl)ccc2NC2CC2)cn1. The summed E-state index contributed by atoms with van der Waals surface area (Å²) in [5.41, 5.74) is 2.78. The first-order valence-electron chi connectivity index (χ1n) is 8.66. The smallest absolute Gasteiger partial charge is 0.229 e.